The van der Waals surface area contributed by atoms with E-state index in [0.29, 0.717) is 32.6 Å². The lowest BCUT2D eigenvalue weighted by molar-refractivity contribution is -0.150. The minimum Gasteiger partial charge on any atom is -0.481 e. The molecule has 0 aliphatic carbocycles. The number of rotatable bonds is 5. The number of halogens is 3. The number of hydrogen-bond acceptors (Lipinski definition) is 3. The number of piperazine rings is 1. The Balaban J connectivity index is 2.28. The molecule has 18 heavy (non-hydrogen) atoms. The summed E-state index contributed by atoms with van der Waals surface area (Å²) in [7, 11) is 0. The van der Waals surface area contributed by atoms with Crippen molar-refractivity contribution < 1.29 is 23.1 Å². The normalized spacial score (nSPS) is 20.9. The molecule has 1 aliphatic rings. The number of alkyl halides is 3. The predicted octanol–water partition coefficient (Wildman–Crippen LogP) is 1.42. The molecular weight excluding hydrogens is 249 g/mol. The van der Waals surface area contributed by atoms with Crippen LogP contribution in [-0.4, -0.2) is 65.8 Å². The van der Waals surface area contributed by atoms with Crippen LogP contribution in [0.25, 0.3) is 0 Å². The van der Waals surface area contributed by atoms with E-state index >= 15 is 0 Å². The van der Waals surface area contributed by atoms with Gasteiger partial charge in [-0.15, -0.1) is 0 Å². The van der Waals surface area contributed by atoms with E-state index in [4.69, 9.17) is 5.11 Å². The van der Waals surface area contributed by atoms with E-state index in [2.05, 4.69) is 4.90 Å². The fourth-order valence-electron chi connectivity index (χ4n) is 2.13. The molecule has 0 aromatic heterocycles. The van der Waals surface area contributed by atoms with E-state index in [-0.39, 0.29) is 12.5 Å². The number of carbonyl (C=O) groups is 1. The maximum absolute atomic E-state index is 12.2. The summed E-state index contributed by atoms with van der Waals surface area (Å²) < 4.78 is 36.6. The van der Waals surface area contributed by atoms with Gasteiger partial charge in [-0.2, -0.15) is 13.2 Å². The van der Waals surface area contributed by atoms with Crippen LogP contribution in [0.4, 0.5) is 13.2 Å². The molecule has 1 N–H and O–H groups in total. The van der Waals surface area contributed by atoms with E-state index < -0.39 is 18.7 Å². The van der Waals surface area contributed by atoms with Crippen molar-refractivity contribution in [1.29, 1.82) is 0 Å². The maximum atomic E-state index is 12.2. The number of aliphatic carboxylic acids is 1. The van der Waals surface area contributed by atoms with Crippen LogP contribution in [0.3, 0.4) is 0 Å². The first kappa shape index (κ1) is 15.2. The van der Waals surface area contributed by atoms with Crippen molar-refractivity contribution in [1.82, 2.24) is 9.80 Å². The second-order valence-electron chi connectivity index (χ2n) is 4.71. The molecule has 0 aromatic carbocycles. The number of carboxylic acid groups (broad SMARTS) is 1. The molecule has 0 spiro atoms. The molecule has 1 fully saturated rings. The molecule has 1 rings (SSSR count). The Morgan fingerprint density at radius 1 is 1.28 bits per heavy atom. The third-order valence-electron chi connectivity index (χ3n) is 3.21. The second-order valence-corrected chi connectivity index (χ2v) is 4.71. The molecule has 1 saturated heterocycles. The van der Waals surface area contributed by atoms with E-state index in [0.717, 1.165) is 0 Å². The topological polar surface area (TPSA) is 43.8 Å². The summed E-state index contributed by atoms with van der Waals surface area (Å²) in [5.74, 6) is -0.836. The average molecular weight is 268 g/mol. The highest BCUT2D eigenvalue weighted by Gasteiger charge is 2.32. The van der Waals surface area contributed by atoms with E-state index in [9.17, 15) is 18.0 Å². The first-order valence-corrected chi connectivity index (χ1v) is 6.03. The molecule has 0 saturated carbocycles. The largest absolute Gasteiger partial charge is 0.481 e. The zero-order chi connectivity index (χ0) is 13.8. The standard InChI is InChI=1S/C11H19F3N2O2/c1-9(2-3-10(17)18)16-6-4-15(5-7-16)8-11(12,13)14/h9H,2-8H2,1H3,(H,17,18). The number of carboxylic acids is 1. The molecule has 106 valence electrons. The number of nitrogens with zero attached hydrogens (tertiary/aromatic N) is 2. The zero-order valence-corrected chi connectivity index (χ0v) is 10.4. The average Bonchev–Trinajstić information content (AvgIpc) is 2.24. The fraction of sp³-hybridized carbons (Fsp3) is 0.909. The van der Waals surface area contributed by atoms with Gasteiger partial charge in [0.25, 0.3) is 0 Å². The van der Waals surface area contributed by atoms with Crippen molar-refractivity contribution in [2.45, 2.75) is 32.0 Å². The molecule has 1 atom stereocenters. The summed E-state index contributed by atoms with van der Waals surface area (Å²) in [5.41, 5.74) is 0. The van der Waals surface area contributed by atoms with Crippen LogP contribution in [0.5, 0.6) is 0 Å². The van der Waals surface area contributed by atoms with Gasteiger partial charge in [-0.05, 0) is 13.3 Å². The first-order chi connectivity index (χ1) is 8.28. The van der Waals surface area contributed by atoms with E-state index in [1.807, 2.05) is 6.92 Å². The Bertz CT molecular complexity index is 276. The van der Waals surface area contributed by atoms with Gasteiger partial charge in [0.1, 0.15) is 0 Å². The highest BCUT2D eigenvalue weighted by Crippen LogP contribution is 2.18. The van der Waals surface area contributed by atoms with Gasteiger partial charge in [-0.3, -0.25) is 14.6 Å². The molecule has 4 nitrogen and oxygen atoms in total. The molecule has 0 bridgehead atoms. The molecule has 0 radical (unpaired) electrons. The van der Waals surface area contributed by atoms with Crippen LogP contribution in [0.1, 0.15) is 19.8 Å². The molecule has 0 amide bonds. The van der Waals surface area contributed by atoms with Crippen molar-refractivity contribution >= 4 is 5.97 Å². The van der Waals surface area contributed by atoms with Crippen molar-refractivity contribution in [2.75, 3.05) is 32.7 Å². The summed E-state index contributed by atoms with van der Waals surface area (Å²) in [5, 5.41) is 8.58. The predicted molar refractivity (Wildman–Crippen MR) is 60.4 cm³/mol. The lowest BCUT2D eigenvalue weighted by atomic mass is 10.1. The van der Waals surface area contributed by atoms with E-state index in [1.165, 1.54) is 4.90 Å². The Morgan fingerprint density at radius 3 is 2.28 bits per heavy atom. The number of hydrogen-bond donors (Lipinski definition) is 1. The van der Waals surface area contributed by atoms with Crippen molar-refractivity contribution in [2.24, 2.45) is 0 Å². The van der Waals surface area contributed by atoms with Crippen LogP contribution in [0.15, 0.2) is 0 Å². The smallest absolute Gasteiger partial charge is 0.401 e. The van der Waals surface area contributed by atoms with E-state index in [1.54, 1.807) is 0 Å². The van der Waals surface area contributed by atoms with Gasteiger partial charge >= 0.3 is 12.1 Å². The van der Waals surface area contributed by atoms with Crippen molar-refractivity contribution in [3.05, 3.63) is 0 Å². The monoisotopic (exact) mass is 268 g/mol. The van der Waals surface area contributed by atoms with Crippen LogP contribution >= 0.6 is 0 Å². The van der Waals surface area contributed by atoms with Gasteiger partial charge < -0.3 is 5.11 Å². The summed E-state index contributed by atoms with van der Waals surface area (Å²) in [4.78, 5) is 13.9. The fourth-order valence-corrected chi connectivity index (χ4v) is 2.13. The van der Waals surface area contributed by atoms with Gasteiger partial charge in [0.15, 0.2) is 0 Å². The summed E-state index contributed by atoms with van der Waals surface area (Å²) >= 11 is 0. The minimum atomic E-state index is -4.14. The highest BCUT2D eigenvalue weighted by molar-refractivity contribution is 5.66. The van der Waals surface area contributed by atoms with Crippen molar-refractivity contribution in [3.63, 3.8) is 0 Å². The zero-order valence-electron chi connectivity index (χ0n) is 10.4. The molecule has 7 heteroatoms. The summed E-state index contributed by atoms with van der Waals surface area (Å²) in [6.45, 7) is 2.97. The Labute approximate surface area is 104 Å². The molecular formula is C11H19F3N2O2. The SMILES string of the molecule is CC(CCC(=O)O)N1CCN(CC(F)(F)F)CC1. The Kier molecular flexibility index (Phi) is 5.40. The van der Waals surface area contributed by atoms with Gasteiger partial charge in [0.2, 0.25) is 0 Å². The van der Waals surface area contributed by atoms with Crippen LogP contribution in [0.2, 0.25) is 0 Å². The van der Waals surface area contributed by atoms with Crippen LogP contribution in [0, 0.1) is 0 Å². The molecule has 1 heterocycles. The Morgan fingerprint density at radius 2 is 1.83 bits per heavy atom. The summed E-state index contributed by atoms with van der Waals surface area (Å²) in [6.07, 6.45) is -3.50. The van der Waals surface area contributed by atoms with Crippen molar-refractivity contribution in [3.8, 4) is 0 Å². The maximum Gasteiger partial charge on any atom is 0.401 e. The molecule has 1 unspecified atom stereocenters. The first-order valence-electron chi connectivity index (χ1n) is 6.03. The lowest BCUT2D eigenvalue weighted by Gasteiger charge is -2.38. The highest BCUT2D eigenvalue weighted by atomic mass is 19.4. The minimum absolute atomic E-state index is 0.101. The van der Waals surface area contributed by atoms with Gasteiger partial charge in [0, 0.05) is 38.6 Å². The molecule has 1 aliphatic heterocycles. The van der Waals surface area contributed by atoms with Gasteiger partial charge in [-0.1, -0.05) is 0 Å². The van der Waals surface area contributed by atoms with Gasteiger partial charge in [0.05, 0.1) is 6.54 Å². The van der Waals surface area contributed by atoms with Crippen LogP contribution < -0.4 is 0 Å². The molecule has 0 aromatic rings. The Hall–Kier alpha value is -0.820. The third-order valence-corrected chi connectivity index (χ3v) is 3.21. The quantitative estimate of drug-likeness (QED) is 0.819. The third kappa shape index (κ3) is 5.68. The summed E-state index contributed by atoms with van der Waals surface area (Å²) in [6, 6.07) is 0.106. The van der Waals surface area contributed by atoms with Crippen LogP contribution in [-0.2, 0) is 4.79 Å². The lowest BCUT2D eigenvalue weighted by Crippen LogP contribution is -2.51. The van der Waals surface area contributed by atoms with Gasteiger partial charge in [-0.25, -0.2) is 0 Å². The second kappa shape index (κ2) is 6.38.